The van der Waals surface area contributed by atoms with Gasteiger partial charge in [0.25, 0.3) is 0 Å². The summed E-state index contributed by atoms with van der Waals surface area (Å²) < 4.78 is 12.6. The van der Waals surface area contributed by atoms with Crippen molar-refractivity contribution in [3.05, 3.63) is 57.7 Å². The topological polar surface area (TPSA) is 18.5 Å². The average molecular weight is 368 g/mol. The molecule has 2 aromatic carbocycles. The Balaban J connectivity index is 2.05. The maximum absolute atomic E-state index is 5.81. The van der Waals surface area contributed by atoms with Crippen molar-refractivity contribution >= 4 is 22.6 Å². The van der Waals surface area contributed by atoms with Crippen LogP contribution in [0.4, 0.5) is 0 Å². The molecule has 0 aliphatic heterocycles. The largest absolute Gasteiger partial charge is 0.491 e. The highest BCUT2D eigenvalue weighted by Crippen LogP contribution is 2.25. The van der Waals surface area contributed by atoms with Gasteiger partial charge in [-0.15, -0.1) is 0 Å². The molecule has 0 aliphatic rings. The monoisotopic (exact) mass is 368 g/mol. The van der Waals surface area contributed by atoms with Gasteiger partial charge < -0.3 is 9.47 Å². The van der Waals surface area contributed by atoms with E-state index in [9.17, 15) is 0 Å². The molecule has 0 saturated heterocycles. The Morgan fingerprint density at radius 1 is 1.00 bits per heavy atom. The van der Waals surface area contributed by atoms with E-state index in [1.54, 1.807) is 0 Å². The molecule has 0 spiro atoms. The van der Waals surface area contributed by atoms with Gasteiger partial charge in [-0.25, -0.2) is 0 Å². The second-order valence-electron chi connectivity index (χ2n) is 4.56. The van der Waals surface area contributed by atoms with Crippen molar-refractivity contribution in [2.75, 3.05) is 0 Å². The predicted octanol–water partition coefficient (Wildman–Crippen LogP) is 4.66. The van der Waals surface area contributed by atoms with Crippen molar-refractivity contribution in [1.29, 1.82) is 0 Å². The molecule has 100 valence electrons. The highest BCUT2D eigenvalue weighted by molar-refractivity contribution is 14.1. The lowest BCUT2D eigenvalue weighted by atomic mass is 10.2. The summed E-state index contributed by atoms with van der Waals surface area (Å²) in [6, 6.07) is 16.1. The Morgan fingerprint density at radius 2 is 1.68 bits per heavy atom. The molecule has 2 nitrogen and oxygen atoms in total. The van der Waals surface area contributed by atoms with Crippen molar-refractivity contribution in [2.45, 2.75) is 26.6 Å². The molecule has 0 amide bonds. The van der Waals surface area contributed by atoms with E-state index in [-0.39, 0.29) is 6.10 Å². The summed E-state index contributed by atoms with van der Waals surface area (Å²) in [7, 11) is 0. The number of hydrogen-bond donors (Lipinski definition) is 0. The Hall–Kier alpha value is -1.23. The van der Waals surface area contributed by atoms with Crippen LogP contribution >= 0.6 is 22.6 Å². The predicted molar refractivity (Wildman–Crippen MR) is 85.7 cm³/mol. The van der Waals surface area contributed by atoms with E-state index < -0.39 is 0 Å². The first-order valence-electron chi connectivity index (χ1n) is 6.27. The number of ether oxygens (including phenoxy) is 2. The zero-order chi connectivity index (χ0) is 13.7. The summed E-state index contributed by atoms with van der Waals surface area (Å²) >= 11 is 2.27. The van der Waals surface area contributed by atoms with E-state index in [0.717, 1.165) is 20.6 Å². The summed E-state index contributed by atoms with van der Waals surface area (Å²) in [5.41, 5.74) is 1.16. The van der Waals surface area contributed by atoms with Crippen LogP contribution in [0.25, 0.3) is 0 Å². The fourth-order valence-corrected chi connectivity index (χ4v) is 2.32. The zero-order valence-electron chi connectivity index (χ0n) is 11.1. The molecule has 3 heteroatoms. The lowest BCUT2D eigenvalue weighted by Crippen LogP contribution is -2.06. The van der Waals surface area contributed by atoms with Gasteiger partial charge in [-0.05, 0) is 54.1 Å². The van der Waals surface area contributed by atoms with Crippen LogP contribution in [-0.2, 0) is 6.61 Å². The third-order valence-electron chi connectivity index (χ3n) is 2.46. The molecule has 0 unspecified atom stereocenters. The molecule has 0 aromatic heterocycles. The molecule has 0 saturated carbocycles. The molecule has 0 bridgehead atoms. The summed E-state index contributed by atoms with van der Waals surface area (Å²) in [4.78, 5) is 0. The van der Waals surface area contributed by atoms with Gasteiger partial charge in [-0.1, -0.05) is 30.3 Å². The quantitative estimate of drug-likeness (QED) is 0.715. The molecule has 0 N–H and O–H groups in total. The average Bonchev–Trinajstić information content (AvgIpc) is 2.36. The molecule has 0 atom stereocenters. The van der Waals surface area contributed by atoms with Crippen molar-refractivity contribution in [3.63, 3.8) is 0 Å². The van der Waals surface area contributed by atoms with E-state index in [2.05, 4.69) is 34.7 Å². The highest BCUT2D eigenvalue weighted by atomic mass is 127. The van der Waals surface area contributed by atoms with Gasteiger partial charge in [0.05, 0.1) is 6.10 Å². The van der Waals surface area contributed by atoms with Gasteiger partial charge in [0, 0.05) is 9.64 Å². The Kier molecular flexibility index (Phi) is 5.07. The maximum atomic E-state index is 5.81. The third-order valence-corrected chi connectivity index (χ3v) is 3.09. The standard InChI is InChI=1S/C16H17IO2/c1-12(2)19-16-9-14(17)8-15(10-16)18-11-13-6-4-3-5-7-13/h3-10,12H,11H2,1-2H3. The zero-order valence-corrected chi connectivity index (χ0v) is 13.3. The Bertz CT molecular complexity index is 524. The molecule has 0 fully saturated rings. The van der Waals surface area contributed by atoms with Gasteiger partial charge >= 0.3 is 0 Å². The van der Waals surface area contributed by atoms with Crippen molar-refractivity contribution < 1.29 is 9.47 Å². The third kappa shape index (κ3) is 4.74. The van der Waals surface area contributed by atoms with E-state index in [1.165, 1.54) is 0 Å². The van der Waals surface area contributed by atoms with Crippen LogP contribution in [0.1, 0.15) is 19.4 Å². The van der Waals surface area contributed by atoms with E-state index in [0.29, 0.717) is 6.61 Å². The van der Waals surface area contributed by atoms with Crippen LogP contribution in [0.15, 0.2) is 48.5 Å². The summed E-state index contributed by atoms with van der Waals surface area (Å²) in [6.45, 7) is 4.61. The molecular formula is C16H17IO2. The van der Waals surface area contributed by atoms with E-state index in [1.807, 2.05) is 50.2 Å². The summed E-state index contributed by atoms with van der Waals surface area (Å²) in [5.74, 6) is 1.69. The van der Waals surface area contributed by atoms with Crippen LogP contribution in [0.3, 0.4) is 0 Å². The first-order valence-corrected chi connectivity index (χ1v) is 7.35. The normalized spacial score (nSPS) is 10.5. The maximum Gasteiger partial charge on any atom is 0.124 e. The van der Waals surface area contributed by atoms with Crippen LogP contribution in [0.5, 0.6) is 11.5 Å². The molecule has 0 heterocycles. The molecular weight excluding hydrogens is 351 g/mol. The smallest absolute Gasteiger partial charge is 0.124 e. The van der Waals surface area contributed by atoms with Crippen LogP contribution in [0, 0.1) is 3.57 Å². The molecule has 0 radical (unpaired) electrons. The summed E-state index contributed by atoms with van der Waals surface area (Å²) in [6.07, 6.45) is 0.167. The van der Waals surface area contributed by atoms with E-state index in [4.69, 9.17) is 9.47 Å². The molecule has 0 aliphatic carbocycles. The van der Waals surface area contributed by atoms with Gasteiger partial charge in [0.1, 0.15) is 18.1 Å². The first-order chi connectivity index (χ1) is 9.13. The van der Waals surface area contributed by atoms with Gasteiger partial charge in [0.2, 0.25) is 0 Å². The molecule has 2 aromatic rings. The lowest BCUT2D eigenvalue weighted by molar-refractivity contribution is 0.239. The number of benzene rings is 2. The van der Waals surface area contributed by atoms with Crippen molar-refractivity contribution in [1.82, 2.24) is 0 Å². The minimum atomic E-state index is 0.167. The van der Waals surface area contributed by atoms with Crippen molar-refractivity contribution in [2.24, 2.45) is 0 Å². The van der Waals surface area contributed by atoms with Crippen LogP contribution < -0.4 is 9.47 Å². The highest BCUT2D eigenvalue weighted by Gasteiger charge is 2.04. The van der Waals surface area contributed by atoms with Gasteiger partial charge in [-0.3, -0.25) is 0 Å². The van der Waals surface area contributed by atoms with Gasteiger partial charge in [-0.2, -0.15) is 0 Å². The Labute approximate surface area is 127 Å². The minimum Gasteiger partial charge on any atom is -0.491 e. The van der Waals surface area contributed by atoms with Gasteiger partial charge in [0.15, 0.2) is 0 Å². The fraction of sp³-hybridized carbons (Fsp3) is 0.250. The second kappa shape index (κ2) is 6.80. The fourth-order valence-electron chi connectivity index (χ4n) is 1.70. The Morgan fingerprint density at radius 3 is 2.37 bits per heavy atom. The van der Waals surface area contributed by atoms with Crippen LogP contribution in [0.2, 0.25) is 0 Å². The SMILES string of the molecule is CC(C)Oc1cc(I)cc(OCc2ccccc2)c1. The number of rotatable bonds is 5. The second-order valence-corrected chi connectivity index (χ2v) is 5.81. The molecule has 2 rings (SSSR count). The van der Waals surface area contributed by atoms with Crippen LogP contribution in [-0.4, -0.2) is 6.10 Å². The van der Waals surface area contributed by atoms with E-state index >= 15 is 0 Å². The van der Waals surface area contributed by atoms with Crippen molar-refractivity contribution in [3.8, 4) is 11.5 Å². The lowest BCUT2D eigenvalue weighted by Gasteiger charge is -2.12. The first kappa shape index (κ1) is 14.2. The number of halogens is 1. The molecule has 19 heavy (non-hydrogen) atoms. The minimum absolute atomic E-state index is 0.167. The summed E-state index contributed by atoms with van der Waals surface area (Å²) in [5, 5.41) is 0. The number of hydrogen-bond acceptors (Lipinski definition) is 2.